The van der Waals surface area contributed by atoms with Gasteiger partial charge in [-0.15, -0.1) is 0 Å². The third-order valence-corrected chi connectivity index (χ3v) is 3.23. The molecule has 0 radical (unpaired) electrons. The molecule has 0 aliphatic rings. The van der Waals surface area contributed by atoms with Crippen LogP contribution in [-0.4, -0.2) is 31.6 Å². The lowest BCUT2D eigenvalue weighted by molar-refractivity contribution is -0.139. The molecule has 2 rings (SSSR count). The summed E-state index contributed by atoms with van der Waals surface area (Å²) in [5.74, 6) is -0.948. The molecular formula is C18H18N2O5. The minimum atomic E-state index is -0.591. The Hall–Kier alpha value is -3.35. The van der Waals surface area contributed by atoms with E-state index in [1.165, 1.54) is 19.2 Å². The molecule has 2 amide bonds. The van der Waals surface area contributed by atoms with Gasteiger partial charge < -0.3 is 14.8 Å². The Balaban J connectivity index is 1.82. The summed E-state index contributed by atoms with van der Waals surface area (Å²) in [6.45, 7) is -0.0398. The second kappa shape index (κ2) is 9.07. The van der Waals surface area contributed by atoms with Gasteiger partial charge in [-0.3, -0.25) is 14.9 Å². The number of carbonyl (C=O) groups is 3. The van der Waals surface area contributed by atoms with Crippen molar-refractivity contribution in [2.45, 2.75) is 6.61 Å². The summed E-state index contributed by atoms with van der Waals surface area (Å²) in [6, 6.07) is 15.5. The lowest BCUT2D eigenvalue weighted by Crippen LogP contribution is -2.30. The fraction of sp³-hybridized carbons (Fsp3) is 0.167. The van der Waals surface area contributed by atoms with Gasteiger partial charge >= 0.3 is 12.1 Å². The number of rotatable bonds is 6. The van der Waals surface area contributed by atoms with Crippen LogP contribution < -0.4 is 10.6 Å². The lowest BCUT2D eigenvalue weighted by atomic mass is 10.2. The first-order valence-electron chi connectivity index (χ1n) is 7.51. The molecule has 25 heavy (non-hydrogen) atoms. The molecule has 2 aromatic carbocycles. The number of esters is 1. The van der Waals surface area contributed by atoms with Gasteiger partial charge in [0.05, 0.1) is 7.11 Å². The molecule has 2 N–H and O–H groups in total. The van der Waals surface area contributed by atoms with Gasteiger partial charge in [-0.1, -0.05) is 30.3 Å². The topological polar surface area (TPSA) is 93.7 Å². The van der Waals surface area contributed by atoms with E-state index in [0.29, 0.717) is 11.3 Å². The molecule has 0 unspecified atom stereocenters. The van der Waals surface area contributed by atoms with Crippen molar-refractivity contribution in [2.24, 2.45) is 0 Å². The Morgan fingerprint density at radius 2 is 1.64 bits per heavy atom. The molecule has 0 aromatic heterocycles. The zero-order valence-corrected chi connectivity index (χ0v) is 13.7. The maximum atomic E-state index is 11.8. The number of amides is 2. The molecule has 0 saturated heterocycles. The third kappa shape index (κ3) is 5.98. The largest absolute Gasteiger partial charge is 0.468 e. The molecule has 0 aliphatic carbocycles. The number of ether oxygens (including phenoxy) is 2. The summed E-state index contributed by atoms with van der Waals surface area (Å²) in [5.41, 5.74) is 1.73. The van der Waals surface area contributed by atoms with Gasteiger partial charge in [-0.2, -0.15) is 0 Å². The van der Waals surface area contributed by atoms with E-state index in [-0.39, 0.29) is 13.2 Å². The molecule has 0 spiro atoms. The third-order valence-electron chi connectivity index (χ3n) is 3.23. The second-order valence-corrected chi connectivity index (χ2v) is 5.02. The quantitative estimate of drug-likeness (QED) is 0.786. The Kier molecular flexibility index (Phi) is 6.53. The van der Waals surface area contributed by atoms with Crippen LogP contribution in [0.3, 0.4) is 0 Å². The summed E-state index contributed by atoms with van der Waals surface area (Å²) in [4.78, 5) is 34.6. The highest BCUT2D eigenvalue weighted by atomic mass is 16.5. The van der Waals surface area contributed by atoms with E-state index in [9.17, 15) is 14.4 Å². The zero-order chi connectivity index (χ0) is 18.1. The summed E-state index contributed by atoms with van der Waals surface area (Å²) >= 11 is 0. The summed E-state index contributed by atoms with van der Waals surface area (Å²) in [7, 11) is 1.24. The Bertz CT molecular complexity index is 729. The first kappa shape index (κ1) is 18.0. The predicted octanol–water partition coefficient (Wildman–Crippen LogP) is 2.34. The van der Waals surface area contributed by atoms with Crippen LogP contribution >= 0.6 is 0 Å². The molecule has 7 heteroatoms. The van der Waals surface area contributed by atoms with E-state index in [0.717, 1.165) is 5.56 Å². The van der Waals surface area contributed by atoms with Gasteiger partial charge in [0.1, 0.15) is 13.2 Å². The normalized spacial score (nSPS) is 9.80. The van der Waals surface area contributed by atoms with Gasteiger partial charge in [0.2, 0.25) is 0 Å². The van der Waals surface area contributed by atoms with Crippen molar-refractivity contribution in [2.75, 3.05) is 19.0 Å². The van der Waals surface area contributed by atoms with Crippen molar-refractivity contribution in [3.8, 4) is 0 Å². The minimum absolute atomic E-state index is 0.167. The maximum absolute atomic E-state index is 11.8. The Morgan fingerprint density at radius 3 is 2.28 bits per heavy atom. The molecule has 0 saturated carbocycles. The average molecular weight is 342 g/mol. The van der Waals surface area contributed by atoms with Crippen molar-refractivity contribution >= 4 is 23.7 Å². The average Bonchev–Trinajstić information content (AvgIpc) is 2.65. The number of benzene rings is 2. The van der Waals surface area contributed by atoms with Gasteiger partial charge in [-0.05, 0) is 29.8 Å². The van der Waals surface area contributed by atoms with Crippen LogP contribution in [0.2, 0.25) is 0 Å². The molecule has 0 atom stereocenters. The van der Waals surface area contributed by atoms with Crippen molar-refractivity contribution in [1.29, 1.82) is 0 Å². The van der Waals surface area contributed by atoms with Crippen molar-refractivity contribution < 1.29 is 23.9 Å². The summed E-state index contributed by atoms with van der Waals surface area (Å²) in [5, 5.41) is 4.99. The van der Waals surface area contributed by atoms with Crippen molar-refractivity contribution in [1.82, 2.24) is 5.32 Å². The molecule has 0 bridgehead atoms. The number of hydrogen-bond donors (Lipinski definition) is 2. The van der Waals surface area contributed by atoms with Gasteiger partial charge in [0, 0.05) is 11.3 Å². The van der Waals surface area contributed by atoms with Crippen LogP contribution in [0.1, 0.15) is 15.9 Å². The van der Waals surface area contributed by atoms with Gasteiger partial charge in [-0.25, -0.2) is 4.79 Å². The first-order chi connectivity index (χ1) is 12.1. The second-order valence-electron chi connectivity index (χ2n) is 5.02. The van der Waals surface area contributed by atoms with Crippen molar-refractivity contribution in [3.05, 3.63) is 65.7 Å². The number of hydrogen-bond acceptors (Lipinski definition) is 5. The predicted molar refractivity (Wildman–Crippen MR) is 91.0 cm³/mol. The maximum Gasteiger partial charge on any atom is 0.411 e. The number of anilines is 1. The zero-order valence-electron chi connectivity index (χ0n) is 13.7. The van der Waals surface area contributed by atoms with Crippen LogP contribution in [0.15, 0.2) is 54.6 Å². The highest BCUT2D eigenvalue weighted by molar-refractivity contribution is 5.96. The van der Waals surface area contributed by atoms with E-state index in [2.05, 4.69) is 15.4 Å². The number of nitrogens with one attached hydrogen (secondary N) is 2. The van der Waals surface area contributed by atoms with Crippen LogP contribution in [0.25, 0.3) is 0 Å². The van der Waals surface area contributed by atoms with Crippen LogP contribution in [0, 0.1) is 0 Å². The highest BCUT2D eigenvalue weighted by Gasteiger charge is 2.09. The van der Waals surface area contributed by atoms with Crippen LogP contribution in [0.4, 0.5) is 10.5 Å². The fourth-order valence-corrected chi connectivity index (χ4v) is 1.91. The highest BCUT2D eigenvalue weighted by Crippen LogP contribution is 2.10. The number of carbonyl (C=O) groups excluding carboxylic acids is 3. The molecule has 2 aromatic rings. The summed E-state index contributed by atoms with van der Waals surface area (Å²) < 4.78 is 9.55. The summed E-state index contributed by atoms with van der Waals surface area (Å²) in [6.07, 6.45) is -0.591. The minimum Gasteiger partial charge on any atom is -0.468 e. The monoisotopic (exact) mass is 342 g/mol. The molecule has 7 nitrogen and oxygen atoms in total. The van der Waals surface area contributed by atoms with E-state index >= 15 is 0 Å². The fourth-order valence-electron chi connectivity index (χ4n) is 1.91. The molecule has 0 heterocycles. The van der Waals surface area contributed by atoms with Crippen molar-refractivity contribution in [3.63, 3.8) is 0 Å². The SMILES string of the molecule is COC(=O)CNC(=O)c1ccc(NC(=O)OCc2ccccc2)cc1. The van der Waals surface area contributed by atoms with Gasteiger partial charge in [0.15, 0.2) is 0 Å². The first-order valence-corrected chi connectivity index (χ1v) is 7.51. The molecule has 0 aliphatic heterocycles. The van der Waals surface area contributed by atoms with Crippen LogP contribution in [-0.2, 0) is 20.9 Å². The number of methoxy groups -OCH3 is 1. The molecular weight excluding hydrogens is 324 g/mol. The van der Waals surface area contributed by atoms with E-state index in [4.69, 9.17) is 4.74 Å². The van der Waals surface area contributed by atoms with E-state index in [1.807, 2.05) is 30.3 Å². The van der Waals surface area contributed by atoms with E-state index in [1.54, 1.807) is 12.1 Å². The lowest BCUT2D eigenvalue weighted by Gasteiger charge is -2.08. The molecule has 130 valence electrons. The van der Waals surface area contributed by atoms with Crippen LogP contribution in [0.5, 0.6) is 0 Å². The molecule has 0 fully saturated rings. The Morgan fingerprint density at radius 1 is 0.960 bits per heavy atom. The smallest absolute Gasteiger partial charge is 0.411 e. The standard InChI is InChI=1S/C18H18N2O5/c1-24-16(21)11-19-17(22)14-7-9-15(10-8-14)20-18(23)25-12-13-5-3-2-4-6-13/h2-10H,11-12H2,1H3,(H,19,22)(H,20,23). The Labute approximate surface area is 144 Å². The van der Waals surface area contributed by atoms with E-state index < -0.39 is 18.0 Å². The van der Waals surface area contributed by atoms with Gasteiger partial charge in [0.25, 0.3) is 5.91 Å².